The zero-order valence-electron chi connectivity index (χ0n) is 11.8. The molecule has 20 heavy (non-hydrogen) atoms. The zero-order chi connectivity index (χ0) is 14.9. The van der Waals surface area contributed by atoms with Gasteiger partial charge in [-0.05, 0) is 26.7 Å². The number of carbonyl (C=O) groups excluding carboxylic acids is 1. The monoisotopic (exact) mass is 298 g/mol. The number of likely N-dealkylation sites (tertiary alicyclic amines) is 1. The van der Waals surface area contributed by atoms with Crippen LogP contribution in [-0.2, 0) is 16.1 Å². The van der Waals surface area contributed by atoms with E-state index in [-0.39, 0.29) is 5.91 Å². The van der Waals surface area contributed by atoms with Gasteiger partial charge in [0, 0.05) is 13.7 Å². The van der Waals surface area contributed by atoms with Gasteiger partial charge in [0.05, 0.1) is 12.3 Å². The number of ether oxygens (including phenoxy) is 1. The maximum atomic E-state index is 12.6. The Bertz CT molecular complexity index is 542. The number of aryl methyl sites for hydroxylation is 1. The molecule has 0 bridgehead atoms. The maximum absolute atomic E-state index is 12.6. The van der Waals surface area contributed by atoms with Crippen LogP contribution in [0.1, 0.15) is 40.1 Å². The molecule has 1 aliphatic rings. The normalized spacial score (nSPS) is 22.2. The van der Waals surface area contributed by atoms with Crippen LogP contribution >= 0.6 is 11.3 Å². The number of hydrogen-bond donors (Lipinski definition) is 1. The number of carboxylic acid groups (broad SMARTS) is 1. The predicted molar refractivity (Wildman–Crippen MR) is 73.9 cm³/mol. The zero-order valence-corrected chi connectivity index (χ0v) is 12.6. The number of rotatable bonds is 4. The van der Waals surface area contributed by atoms with E-state index >= 15 is 0 Å². The highest BCUT2D eigenvalue weighted by Crippen LogP contribution is 2.32. The lowest BCUT2D eigenvalue weighted by molar-refractivity contribution is -0.147. The second kappa shape index (κ2) is 5.49. The molecule has 1 saturated heterocycles. The SMILES string of the molecule is COCc1nc(C)c(C(=O)N2CCCC2(C)C(=O)O)s1. The lowest BCUT2D eigenvalue weighted by Crippen LogP contribution is -2.50. The van der Waals surface area contributed by atoms with Crippen molar-refractivity contribution in [3.05, 3.63) is 15.6 Å². The summed E-state index contributed by atoms with van der Waals surface area (Å²) in [4.78, 5) is 30.3. The van der Waals surface area contributed by atoms with Crippen LogP contribution in [0.15, 0.2) is 0 Å². The number of carbonyl (C=O) groups is 2. The molecule has 1 amide bonds. The molecule has 1 unspecified atom stereocenters. The Balaban J connectivity index is 2.29. The largest absolute Gasteiger partial charge is 0.480 e. The first-order valence-electron chi connectivity index (χ1n) is 6.40. The number of carboxylic acids is 1. The third kappa shape index (κ3) is 2.43. The Kier molecular flexibility index (Phi) is 4.10. The fourth-order valence-corrected chi connectivity index (χ4v) is 3.46. The highest BCUT2D eigenvalue weighted by molar-refractivity contribution is 7.13. The van der Waals surface area contributed by atoms with E-state index in [1.165, 1.54) is 16.2 Å². The number of nitrogens with zero attached hydrogens (tertiary/aromatic N) is 2. The van der Waals surface area contributed by atoms with Crippen LogP contribution in [0.2, 0.25) is 0 Å². The van der Waals surface area contributed by atoms with Gasteiger partial charge in [0.15, 0.2) is 0 Å². The van der Waals surface area contributed by atoms with Gasteiger partial charge in [-0.3, -0.25) is 4.79 Å². The van der Waals surface area contributed by atoms with Gasteiger partial charge < -0.3 is 14.7 Å². The first kappa shape index (κ1) is 14.9. The summed E-state index contributed by atoms with van der Waals surface area (Å²) < 4.78 is 5.01. The summed E-state index contributed by atoms with van der Waals surface area (Å²) in [5, 5.41) is 10.1. The van der Waals surface area contributed by atoms with Crippen molar-refractivity contribution in [1.82, 2.24) is 9.88 Å². The molecule has 0 spiro atoms. The minimum atomic E-state index is -1.12. The second-order valence-electron chi connectivity index (χ2n) is 5.09. The van der Waals surface area contributed by atoms with Crippen molar-refractivity contribution in [3.63, 3.8) is 0 Å². The van der Waals surface area contributed by atoms with Crippen LogP contribution in [0.25, 0.3) is 0 Å². The molecule has 110 valence electrons. The van der Waals surface area contributed by atoms with Crippen molar-refractivity contribution in [3.8, 4) is 0 Å². The molecule has 1 aromatic rings. The number of aliphatic carboxylic acids is 1. The van der Waals surface area contributed by atoms with Crippen LogP contribution in [0, 0.1) is 6.92 Å². The van der Waals surface area contributed by atoms with Crippen molar-refractivity contribution >= 4 is 23.2 Å². The lowest BCUT2D eigenvalue weighted by atomic mass is 9.99. The number of thiazole rings is 1. The van der Waals surface area contributed by atoms with E-state index in [9.17, 15) is 14.7 Å². The molecule has 0 radical (unpaired) electrons. The molecule has 1 N–H and O–H groups in total. The maximum Gasteiger partial charge on any atom is 0.329 e. The Morgan fingerprint density at radius 2 is 2.25 bits per heavy atom. The van der Waals surface area contributed by atoms with E-state index in [0.717, 1.165) is 5.01 Å². The van der Waals surface area contributed by atoms with Crippen molar-refractivity contribution in [2.75, 3.05) is 13.7 Å². The fourth-order valence-electron chi connectivity index (χ4n) is 2.47. The van der Waals surface area contributed by atoms with Crippen molar-refractivity contribution in [1.29, 1.82) is 0 Å². The van der Waals surface area contributed by atoms with Crippen LogP contribution in [-0.4, -0.2) is 46.1 Å². The minimum absolute atomic E-state index is 0.246. The third-order valence-corrected chi connectivity index (χ3v) is 4.77. The van der Waals surface area contributed by atoms with Crippen molar-refractivity contribution in [2.24, 2.45) is 0 Å². The molecule has 1 fully saturated rings. The fraction of sp³-hybridized carbons (Fsp3) is 0.615. The summed E-state index contributed by atoms with van der Waals surface area (Å²) in [6.07, 6.45) is 1.19. The average molecular weight is 298 g/mol. The van der Waals surface area contributed by atoms with Gasteiger partial charge in [0.1, 0.15) is 15.4 Å². The highest BCUT2D eigenvalue weighted by Gasteiger charge is 2.46. The first-order valence-corrected chi connectivity index (χ1v) is 7.22. The summed E-state index contributed by atoms with van der Waals surface area (Å²) in [6, 6.07) is 0. The van der Waals surface area contributed by atoms with E-state index in [1.54, 1.807) is 21.0 Å². The van der Waals surface area contributed by atoms with Gasteiger partial charge in [-0.15, -0.1) is 11.3 Å². The topological polar surface area (TPSA) is 79.7 Å². The van der Waals surface area contributed by atoms with Gasteiger partial charge in [0.2, 0.25) is 0 Å². The average Bonchev–Trinajstić information content (AvgIpc) is 2.94. The molecule has 7 heteroatoms. The smallest absolute Gasteiger partial charge is 0.329 e. The number of methoxy groups -OCH3 is 1. The van der Waals surface area contributed by atoms with Crippen LogP contribution < -0.4 is 0 Å². The van der Waals surface area contributed by atoms with Gasteiger partial charge in [-0.1, -0.05) is 0 Å². The van der Waals surface area contributed by atoms with Gasteiger partial charge >= 0.3 is 5.97 Å². The standard InChI is InChI=1S/C13H18N2O4S/c1-8-10(20-9(14-8)7-19-3)11(16)15-6-4-5-13(15,2)12(17)18/h4-7H2,1-3H3,(H,17,18). The molecule has 1 aliphatic heterocycles. The highest BCUT2D eigenvalue weighted by atomic mass is 32.1. The molecule has 0 aromatic carbocycles. The van der Waals surface area contributed by atoms with E-state index in [4.69, 9.17) is 4.74 Å². The predicted octanol–water partition coefficient (Wildman–Crippen LogP) is 1.68. The molecule has 6 nitrogen and oxygen atoms in total. The Hall–Kier alpha value is -1.47. The second-order valence-corrected chi connectivity index (χ2v) is 6.18. The van der Waals surface area contributed by atoms with Crippen LogP contribution in [0.5, 0.6) is 0 Å². The molecule has 1 atom stereocenters. The molecular weight excluding hydrogens is 280 g/mol. The molecular formula is C13H18N2O4S. The summed E-state index contributed by atoms with van der Waals surface area (Å²) in [5.74, 6) is -1.20. The van der Waals surface area contributed by atoms with E-state index in [0.29, 0.717) is 36.6 Å². The Morgan fingerprint density at radius 1 is 1.55 bits per heavy atom. The van der Waals surface area contributed by atoms with Gasteiger partial charge in [-0.25, -0.2) is 9.78 Å². The number of amides is 1. The summed E-state index contributed by atoms with van der Waals surface area (Å²) in [6.45, 7) is 4.19. The third-order valence-electron chi connectivity index (χ3n) is 3.65. The Morgan fingerprint density at radius 3 is 2.85 bits per heavy atom. The summed E-state index contributed by atoms with van der Waals surface area (Å²) in [7, 11) is 1.57. The summed E-state index contributed by atoms with van der Waals surface area (Å²) in [5.41, 5.74) is -0.485. The molecule has 2 heterocycles. The number of hydrogen-bond acceptors (Lipinski definition) is 5. The minimum Gasteiger partial charge on any atom is -0.480 e. The van der Waals surface area contributed by atoms with Crippen molar-refractivity contribution < 1.29 is 19.4 Å². The molecule has 2 rings (SSSR count). The quantitative estimate of drug-likeness (QED) is 0.914. The van der Waals surface area contributed by atoms with E-state index < -0.39 is 11.5 Å². The van der Waals surface area contributed by atoms with E-state index in [1.807, 2.05) is 0 Å². The van der Waals surface area contributed by atoms with Crippen molar-refractivity contribution in [2.45, 2.75) is 38.8 Å². The van der Waals surface area contributed by atoms with E-state index in [2.05, 4.69) is 4.98 Å². The molecule has 0 saturated carbocycles. The lowest BCUT2D eigenvalue weighted by Gasteiger charge is -2.30. The summed E-state index contributed by atoms with van der Waals surface area (Å²) >= 11 is 1.27. The van der Waals surface area contributed by atoms with Crippen LogP contribution in [0.3, 0.4) is 0 Å². The first-order chi connectivity index (χ1) is 9.40. The molecule has 1 aromatic heterocycles. The Labute approximate surface area is 121 Å². The number of aromatic nitrogens is 1. The van der Waals surface area contributed by atoms with Gasteiger partial charge in [0.25, 0.3) is 5.91 Å². The van der Waals surface area contributed by atoms with Crippen LogP contribution in [0.4, 0.5) is 0 Å². The van der Waals surface area contributed by atoms with Gasteiger partial charge in [-0.2, -0.15) is 0 Å². The molecule has 0 aliphatic carbocycles.